The van der Waals surface area contributed by atoms with Gasteiger partial charge in [-0.15, -0.1) is 0 Å². The third-order valence-electron chi connectivity index (χ3n) is 4.24. The maximum atomic E-state index is 13.2. The van der Waals surface area contributed by atoms with Crippen LogP contribution in [0.5, 0.6) is 11.5 Å². The number of hydrogen-bond donors (Lipinski definition) is 0. The number of halogens is 2. The summed E-state index contributed by atoms with van der Waals surface area (Å²) in [6, 6.07) is 9.23. The predicted octanol–water partition coefficient (Wildman–Crippen LogP) is 5.90. The minimum Gasteiger partial charge on any atom is -0.490 e. The van der Waals surface area contributed by atoms with Gasteiger partial charge in [0, 0.05) is 5.02 Å². The van der Waals surface area contributed by atoms with Crippen molar-refractivity contribution >= 4 is 40.6 Å². The molecule has 0 spiro atoms. The number of amides is 2. The number of carbonyl (C=O) groups excluding carboxylic acids is 2. The van der Waals surface area contributed by atoms with Gasteiger partial charge in [0.25, 0.3) is 11.1 Å². The van der Waals surface area contributed by atoms with Gasteiger partial charge in [0.05, 0.1) is 24.7 Å². The highest BCUT2D eigenvalue weighted by Crippen LogP contribution is 2.36. The van der Waals surface area contributed by atoms with E-state index in [9.17, 15) is 14.0 Å². The first kappa shape index (κ1) is 22.2. The number of nitrogens with zero attached hydrogens (tertiary/aromatic N) is 1. The lowest BCUT2D eigenvalue weighted by Gasteiger charge is -2.13. The molecular formula is C22H21ClFNO4S. The molecule has 1 saturated heterocycles. The highest BCUT2D eigenvalue weighted by atomic mass is 35.5. The molecule has 0 aromatic heterocycles. The largest absolute Gasteiger partial charge is 0.490 e. The van der Waals surface area contributed by atoms with E-state index in [-0.39, 0.29) is 11.6 Å². The summed E-state index contributed by atoms with van der Waals surface area (Å²) in [5.41, 5.74) is 1.21. The Hall–Kier alpha value is -2.51. The fourth-order valence-corrected chi connectivity index (χ4v) is 3.89. The van der Waals surface area contributed by atoms with Crippen molar-refractivity contribution < 1.29 is 23.5 Å². The molecule has 0 saturated carbocycles. The van der Waals surface area contributed by atoms with Gasteiger partial charge in [0.1, 0.15) is 5.82 Å². The van der Waals surface area contributed by atoms with Gasteiger partial charge in [-0.1, -0.05) is 30.7 Å². The summed E-state index contributed by atoms with van der Waals surface area (Å²) in [4.78, 5) is 26.5. The normalized spacial score (nSPS) is 15.2. The third kappa shape index (κ3) is 5.15. The van der Waals surface area contributed by atoms with Crippen LogP contribution in [-0.2, 0) is 11.3 Å². The Morgan fingerprint density at radius 2 is 1.90 bits per heavy atom. The standard InChI is InChI=1S/C22H21ClFNO4S/c1-3-9-29-18-8-5-14(10-19(18)28-4-2)11-20-21(26)25(22(27)30-20)13-15-6-7-16(24)12-17(15)23/h5-8,10-12H,3-4,9,13H2,1-2H3/b20-11-. The molecule has 0 radical (unpaired) electrons. The van der Waals surface area contributed by atoms with Gasteiger partial charge >= 0.3 is 0 Å². The lowest BCUT2D eigenvalue weighted by atomic mass is 10.1. The Bertz CT molecular complexity index is 995. The number of thioether (sulfide) groups is 1. The van der Waals surface area contributed by atoms with Crippen molar-refractivity contribution in [1.29, 1.82) is 0 Å². The van der Waals surface area contributed by atoms with Crippen molar-refractivity contribution in [3.05, 3.63) is 63.3 Å². The van der Waals surface area contributed by atoms with Crippen molar-refractivity contribution in [3.63, 3.8) is 0 Å². The SMILES string of the molecule is CCCOc1ccc(/C=C2\SC(=O)N(Cc3ccc(F)cc3Cl)C2=O)cc1OCC. The molecule has 5 nitrogen and oxygen atoms in total. The molecule has 1 fully saturated rings. The zero-order chi connectivity index (χ0) is 21.7. The number of rotatable bonds is 8. The van der Waals surface area contributed by atoms with Crippen LogP contribution in [0, 0.1) is 5.82 Å². The van der Waals surface area contributed by atoms with E-state index in [1.807, 2.05) is 13.8 Å². The first-order chi connectivity index (χ1) is 14.4. The van der Waals surface area contributed by atoms with Crippen LogP contribution in [0.4, 0.5) is 9.18 Å². The second-order valence-electron chi connectivity index (χ2n) is 6.49. The molecule has 158 valence electrons. The Labute approximate surface area is 183 Å². The van der Waals surface area contributed by atoms with E-state index in [2.05, 4.69) is 0 Å². The molecule has 1 heterocycles. The van der Waals surface area contributed by atoms with Crippen LogP contribution >= 0.6 is 23.4 Å². The first-order valence-electron chi connectivity index (χ1n) is 9.51. The van der Waals surface area contributed by atoms with E-state index in [1.54, 1.807) is 24.3 Å². The molecule has 0 bridgehead atoms. The van der Waals surface area contributed by atoms with Crippen LogP contribution in [0.2, 0.25) is 5.02 Å². The summed E-state index contributed by atoms with van der Waals surface area (Å²) < 4.78 is 24.6. The predicted molar refractivity (Wildman–Crippen MR) is 116 cm³/mol. The van der Waals surface area contributed by atoms with E-state index in [0.29, 0.717) is 40.7 Å². The highest BCUT2D eigenvalue weighted by molar-refractivity contribution is 8.18. The van der Waals surface area contributed by atoms with Gasteiger partial charge in [0.2, 0.25) is 0 Å². The van der Waals surface area contributed by atoms with E-state index < -0.39 is 17.0 Å². The van der Waals surface area contributed by atoms with Crippen LogP contribution < -0.4 is 9.47 Å². The summed E-state index contributed by atoms with van der Waals surface area (Å²) in [7, 11) is 0. The van der Waals surface area contributed by atoms with Crippen LogP contribution in [0.1, 0.15) is 31.4 Å². The number of hydrogen-bond acceptors (Lipinski definition) is 5. The summed E-state index contributed by atoms with van der Waals surface area (Å²) >= 11 is 6.88. The lowest BCUT2D eigenvalue weighted by molar-refractivity contribution is -0.123. The van der Waals surface area contributed by atoms with E-state index in [1.165, 1.54) is 12.1 Å². The molecule has 0 aliphatic carbocycles. The number of carbonyl (C=O) groups is 2. The van der Waals surface area contributed by atoms with Gasteiger partial charge in [-0.3, -0.25) is 14.5 Å². The fraction of sp³-hybridized carbons (Fsp3) is 0.273. The van der Waals surface area contributed by atoms with Crippen molar-refractivity contribution in [3.8, 4) is 11.5 Å². The lowest BCUT2D eigenvalue weighted by Crippen LogP contribution is -2.27. The van der Waals surface area contributed by atoms with Gasteiger partial charge < -0.3 is 9.47 Å². The van der Waals surface area contributed by atoms with Crippen molar-refractivity contribution in [2.75, 3.05) is 13.2 Å². The van der Waals surface area contributed by atoms with Gasteiger partial charge in [-0.25, -0.2) is 4.39 Å². The average Bonchev–Trinajstić information content (AvgIpc) is 2.97. The van der Waals surface area contributed by atoms with Crippen LogP contribution in [-0.4, -0.2) is 29.3 Å². The number of benzene rings is 2. The highest BCUT2D eigenvalue weighted by Gasteiger charge is 2.35. The Kier molecular flexibility index (Phi) is 7.39. The van der Waals surface area contributed by atoms with E-state index in [4.69, 9.17) is 21.1 Å². The van der Waals surface area contributed by atoms with Crippen molar-refractivity contribution in [2.24, 2.45) is 0 Å². The molecule has 30 heavy (non-hydrogen) atoms. The summed E-state index contributed by atoms with van der Waals surface area (Å²) in [6.45, 7) is 4.92. The van der Waals surface area contributed by atoms with E-state index >= 15 is 0 Å². The smallest absolute Gasteiger partial charge is 0.293 e. The summed E-state index contributed by atoms with van der Waals surface area (Å²) in [5.74, 6) is 0.316. The molecule has 2 aromatic rings. The van der Waals surface area contributed by atoms with Gasteiger partial charge in [-0.05, 0) is 66.6 Å². The Balaban J connectivity index is 1.81. The quantitative estimate of drug-likeness (QED) is 0.469. The second kappa shape index (κ2) is 10.00. The Morgan fingerprint density at radius 3 is 2.60 bits per heavy atom. The number of imide groups is 1. The monoisotopic (exact) mass is 449 g/mol. The van der Waals surface area contributed by atoms with Crippen molar-refractivity contribution in [2.45, 2.75) is 26.8 Å². The Morgan fingerprint density at radius 1 is 1.10 bits per heavy atom. The molecule has 8 heteroatoms. The molecule has 2 aromatic carbocycles. The molecule has 0 N–H and O–H groups in total. The molecule has 0 atom stereocenters. The zero-order valence-electron chi connectivity index (χ0n) is 16.6. The third-order valence-corrected chi connectivity index (χ3v) is 5.50. The van der Waals surface area contributed by atoms with Gasteiger partial charge in [0.15, 0.2) is 11.5 Å². The zero-order valence-corrected chi connectivity index (χ0v) is 18.2. The maximum Gasteiger partial charge on any atom is 0.293 e. The fourth-order valence-electron chi connectivity index (χ4n) is 2.82. The molecule has 1 aliphatic heterocycles. The van der Waals surface area contributed by atoms with Crippen LogP contribution in [0.15, 0.2) is 41.3 Å². The topological polar surface area (TPSA) is 55.8 Å². The van der Waals surface area contributed by atoms with E-state index in [0.717, 1.165) is 29.1 Å². The second-order valence-corrected chi connectivity index (χ2v) is 7.89. The first-order valence-corrected chi connectivity index (χ1v) is 10.7. The molecule has 2 amide bonds. The molecule has 1 aliphatic rings. The molecule has 3 rings (SSSR count). The van der Waals surface area contributed by atoms with Crippen molar-refractivity contribution in [1.82, 2.24) is 4.90 Å². The maximum absolute atomic E-state index is 13.2. The average molecular weight is 450 g/mol. The minimum absolute atomic E-state index is 0.0187. The van der Waals surface area contributed by atoms with Crippen LogP contribution in [0.3, 0.4) is 0 Å². The molecule has 0 unspecified atom stereocenters. The summed E-state index contributed by atoms with van der Waals surface area (Å²) in [5, 5.41) is -0.235. The summed E-state index contributed by atoms with van der Waals surface area (Å²) in [6.07, 6.45) is 2.52. The van der Waals surface area contributed by atoms with Gasteiger partial charge in [-0.2, -0.15) is 0 Å². The molecular weight excluding hydrogens is 429 g/mol. The van der Waals surface area contributed by atoms with Crippen LogP contribution in [0.25, 0.3) is 6.08 Å². The number of ether oxygens (including phenoxy) is 2. The minimum atomic E-state index is -0.478.